The van der Waals surface area contributed by atoms with Crippen molar-refractivity contribution in [1.29, 1.82) is 0 Å². The highest BCUT2D eigenvalue weighted by atomic mass is 19.4. The number of nitrogens with zero attached hydrogens (tertiary/aromatic N) is 2. The molecule has 1 heterocycles. The lowest BCUT2D eigenvalue weighted by Gasteiger charge is -2.13. The molecule has 0 aliphatic heterocycles. The van der Waals surface area contributed by atoms with Gasteiger partial charge in [0.15, 0.2) is 0 Å². The number of hydrogen-bond donors (Lipinski definition) is 2. The number of carbonyl (C=O) groups excluding carboxylic acids is 1. The molecule has 0 spiro atoms. The van der Waals surface area contributed by atoms with Crippen LogP contribution in [0.4, 0.5) is 24.7 Å². The number of nitrogens with one attached hydrogen (secondary N) is 2. The van der Waals surface area contributed by atoms with Crippen molar-refractivity contribution >= 4 is 17.4 Å². The van der Waals surface area contributed by atoms with Gasteiger partial charge in [-0.1, -0.05) is 12.1 Å². The van der Waals surface area contributed by atoms with E-state index in [9.17, 15) is 18.0 Å². The molecule has 0 aliphatic carbocycles. The molecule has 31 heavy (non-hydrogen) atoms. The molecule has 3 rings (SSSR count). The van der Waals surface area contributed by atoms with Gasteiger partial charge in [-0.25, -0.2) is 9.97 Å². The van der Waals surface area contributed by atoms with Crippen molar-refractivity contribution in [3.63, 3.8) is 0 Å². The van der Waals surface area contributed by atoms with E-state index in [0.29, 0.717) is 23.1 Å². The monoisotopic (exact) mass is 430 g/mol. The molecular weight excluding hydrogens is 409 g/mol. The second kappa shape index (κ2) is 9.03. The van der Waals surface area contributed by atoms with Gasteiger partial charge in [0.1, 0.15) is 17.9 Å². The summed E-state index contributed by atoms with van der Waals surface area (Å²) in [5, 5.41) is 5.62. The van der Waals surface area contributed by atoms with E-state index in [0.717, 1.165) is 11.6 Å². The van der Waals surface area contributed by atoms with E-state index in [4.69, 9.17) is 4.74 Å². The molecule has 0 aliphatic rings. The van der Waals surface area contributed by atoms with Gasteiger partial charge in [-0.3, -0.25) is 4.79 Å². The Morgan fingerprint density at radius 1 is 1.03 bits per heavy atom. The van der Waals surface area contributed by atoms with Crippen LogP contribution in [0.5, 0.6) is 11.6 Å². The first-order chi connectivity index (χ1) is 14.7. The maximum atomic E-state index is 13.1. The Bertz CT molecular complexity index is 1100. The fourth-order valence-electron chi connectivity index (χ4n) is 2.96. The number of carbonyl (C=O) groups is 1. The molecule has 0 bridgehead atoms. The molecule has 3 aromatic rings. The van der Waals surface area contributed by atoms with Crippen LogP contribution in [0.2, 0.25) is 0 Å². The minimum Gasteiger partial charge on any atom is -0.439 e. The first-order valence-corrected chi connectivity index (χ1v) is 9.40. The maximum Gasteiger partial charge on any atom is 0.416 e. The third kappa shape index (κ3) is 5.71. The van der Waals surface area contributed by atoms with Gasteiger partial charge in [0.25, 0.3) is 0 Å². The van der Waals surface area contributed by atoms with Crippen LogP contribution in [0.1, 0.15) is 22.3 Å². The maximum absolute atomic E-state index is 13.1. The fourth-order valence-corrected chi connectivity index (χ4v) is 2.96. The number of benzene rings is 2. The lowest BCUT2D eigenvalue weighted by atomic mass is 10.0. The molecule has 0 fully saturated rings. The normalized spacial score (nSPS) is 11.2. The molecule has 0 unspecified atom stereocenters. The van der Waals surface area contributed by atoms with Gasteiger partial charge >= 0.3 is 6.18 Å². The quantitative estimate of drug-likeness (QED) is 0.567. The Hall–Kier alpha value is -3.62. The van der Waals surface area contributed by atoms with Crippen molar-refractivity contribution < 1.29 is 22.7 Å². The summed E-state index contributed by atoms with van der Waals surface area (Å²) < 4.78 is 44.9. The summed E-state index contributed by atoms with van der Waals surface area (Å²) in [5.74, 6) is 1.07. The van der Waals surface area contributed by atoms with E-state index in [-0.39, 0.29) is 17.5 Å². The number of aromatic nitrogens is 2. The molecule has 0 saturated carbocycles. The number of anilines is 2. The number of alkyl halides is 3. The zero-order chi connectivity index (χ0) is 22.6. The summed E-state index contributed by atoms with van der Waals surface area (Å²) in [6.07, 6.45) is -3.26. The second-order valence-corrected chi connectivity index (χ2v) is 6.94. The largest absolute Gasteiger partial charge is 0.439 e. The van der Waals surface area contributed by atoms with Gasteiger partial charge in [0, 0.05) is 18.8 Å². The minimum atomic E-state index is -4.46. The summed E-state index contributed by atoms with van der Waals surface area (Å²) >= 11 is 0. The Kier molecular flexibility index (Phi) is 6.43. The lowest BCUT2D eigenvalue weighted by Crippen LogP contribution is -2.16. The number of ether oxygens (including phenoxy) is 1. The van der Waals surface area contributed by atoms with Gasteiger partial charge in [0.05, 0.1) is 12.0 Å². The van der Waals surface area contributed by atoms with Crippen LogP contribution >= 0.6 is 0 Å². The summed E-state index contributed by atoms with van der Waals surface area (Å²) in [4.78, 5) is 20.4. The summed E-state index contributed by atoms with van der Waals surface area (Å²) in [6.45, 7) is 3.18. The smallest absolute Gasteiger partial charge is 0.416 e. The third-order valence-corrected chi connectivity index (χ3v) is 4.56. The molecule has 0 saturated heterocycles. The molecule has 9 heteroatoms. The first-order valence-electron chi connectivity index (χ1n) is 9.40. The Morgan fingerprint density at radius 3 is 2.48 bits per heavy atom. The van der Waals surface area contributed by atoms with Crippen molar-refractivity contribution in [2.45, 2.75) is 26.4 Å². The van der Waals surface area contributed by atoms with E-state index < -0.39 is 17.6 Å². The number of halogens is 3. The van der Waals surface area contributed by atoms with Crippen LogP contribution in [0.3, 0.4) is 0 Å². The van der Waals surface area contributed by atoms with Crippen LogP contribution < -0.4 is 15.4 Å². The van der Waals surface area contributed by atoms with Gasteiger partial charge in [-0.2, -0.15) is 13.2 Å². The van der Waals surface area contributed by atoms with Crippen molar-refractivity contribution in [3.8, 4) is 11.6 Å². The lowest BCUT2D eigenvalue weighted by molar-refractivity contribution is -0.138. The van der Waals surface area contributed by atoms with E-state index >= 15 is 0 Å². The van der Waals surface area contributed by atoms with Crippen molar-refractivity contribution in [3.05, 3.63) is 71.0 Å². The summed E-state index contributed by atoms with van der Waals surface area (Å²) in [6, 6.07) is 10.6. The van der Waals surface area contributed by atoms with Crippen molar-refractivity contribution in [2.24, 2.45) is 0 Å². The standard InChI is InChI=1S/C22H21F3N4O2/c1-13-4-5-15(9-17(13)22(23,24)25)10-20(30)29-18-7-6-16(8-14(18)2)31-21-11-19(26-3)27-12-28-21/h4-9,11-12H,10H2,1-3H3,(H,29,30)(H,26,27,28). The average Bonchev–Trinajstić information content (AvgIpc) is 2.71. The number of aryl methyl sites for hydroxylation is 2. The SMILES string of the molecule is CNc1cc(Oc2ccc(NC(=O)Cc3ccc(C)c(C(F)(F)F)c3)c(C)c2)ncn1. The number of rotatable bonds is 6. The molecule has 2 N–H and O–H groups in total. The van der Waals surface area contributed by atoms with Crippen LogP contribution in [-0.4, -0.2) is 22.9 Å². The average molecular weight is 430 g/mol. The van der Waals surface area contributed by atoms with Crippen LogP contribution in [-0.2, 0) is 17.4 Å². The van der Waals surface area contributed by atoms with Gasteiger partial charge in [0.2, 0.25) is 11.8 Å². The minimum absolute atomic E-state index is 0.119. The Morgan fingerprint density at radius 2 is 1.81 bits per heavy atom. The van der Waals surface area contributed by atoms with E-state index in [2.05, 4.69) is 20.6 Å². The van der Waals surface area contributed by atoms with Crippen LogP contribution in [0.25, 0.3) is 0 Å². The molecule has 0 atom stereocenters. The number of hydrogen-bond acceptors (Lipinski definition) is 5. The van der Waals surface area contributed by atoms with Gasteiger partial charge in [-0.15, -0.1) is 0 Å². The topological polar surface area (TPSA) is 76.1 Å². The van der Waals surface area contributed by atoms with E-state index in [1.165, 1.54) is 25.4 Å². The van der Waals surface area contributed by atoms with E-state index in [1.807, 2.05) is 0 Å². The van der Waals surface area contributed by atoms with Crippen molar-refractivity contribution in [2.75, 3.05) is 17.7 Å². The molecule has 1 aromatic heterocycles. The fraction of sp³-hybridized carbons (Fsp3) is 0.227. The van der Waals surface area contributed by atoms with E-state index in [1.54, 1.807) is 38.2 Å². The highest BCUT2D eigenvalue weighted by Crippen LogP contribution is 2.32. The predicted molar refractivity (Wildman–Crippen MR) is 111 cm³/mol. The third-order valence-electron chi connectivity index (χ3n) is 4.56. The molecule has 0 radical (unpaired) electrons. The Balaban J connectivity index is 1.68. The zero-order valence-corrected chi connectivity index (χ0v) is 17.2. The Labute approximate surface area is 177 Å². The zero-order valence-electron chi connectivity index (χ0n) is 17.2. The summed E-state index contributed by atoms with van der Waals surface area (Å²) in [7, 11) is 1.73. The predicted octanol–water partition coefficient (Wildman–Crippen LogP) is 5.13. The van der Waals surface area contributed by atoms with Gasteiger partial charge in [-0.05, 0) is 54.8 Å². The van der Waals surface area contributed by atoms with Gasteiger partial charge < -0.3 is 15.4 Å². The molecule has 6 nitrogen and oxygen atoms in total. The summed E-state index contributed by atoms with van der Waals surface area (Å²) in [5.41, 5.74) is 0.945. The molecule has 162 valence electrons. The van der Waals surface area contributed by atoms with Crippen molar-refractivity contribution in [1.82, 2.24) is 9.97 Å². The first kappa shape index (κ1) is 22.1. The highest BCUT2D eigenvalue weighted by molar-refractivity contribution is 5.93. The van der Waals surface area contributed by atoms with Crippen LogP contribution in [0.15, 0.2) is 48.8 Å². The second-order valence-electron chi connectivity index (χ2n) is 6.94. The highest BCUT2D eigenvalue weighted by Gasteiger charge is 2.32. The molecule has 1 amide bonds. The molecule has 2 aromatic carbocycles. The van der Waals surface area contributed by atoms with Crippen LogP contribution in [0, 0.1) is 13.8 Å². The number of amides is 1. The molecular formula is C22H21F3N4O2.